The summed E-state index contributed by atoms with van der Waals surface area (Å²) in [5.74, 6) is 7.40. The Labute approximate surface area is 182 Å². The molecule has 0 aliphatic rings. The van der Waals surface area contributed by atoms with E-state index >= 15 is 0 Å². The minimum Gasteiger partial charge on any atom is -0.496 e. The number of fused-ring (bicyclic) bond motifs is 1. The highest BCUT2D eigenvalue weighted by atomic mass is 16.5. The van der Waals surface area contributed by atoms with Crippen molar-refractivity contribution in [3.63, 3.8) is 0 Å². The fourth-order valence-electron chi connectivity index (χ4n) is 3.55. The first-order valence-electron chi connectivity index (χ1n) is 10.1. The molecule has 0 saturated carbocycles. The number of allylic oxidation sites excluding steroid dienone is 1. The van der Waals surface area contributed by atoms with Gasteiger partial charge in [-0.3, -0.25) is 19.4 Å². The maximum absolute atomic E-state index is 13.1. The Hall–Kier alpha value is -3.79. The lowest BCUT2D eigenvalue weighted by molar-refractivity contribution is -0.117. The SMILES string of the molecule is CC#C/C(=C\NC)c1cc2c(N(C(=O)CC)c3ccnn3C)c(C)cnc2cc1OC. The molecule has 2 heterocycles. The minimum absolute atomic E-state index is 0.0316. The third-order valence-corrected chi connectivity index (χ3v) is 4.98. The van der Waals surface area contributed by atoms with E-state index < -0.39 is 0 Å². The predicted molar refractivity (Wildman–Crippen MR) is 124 cm³/mol. The Morgan fingerprint density at radius 3 is 2.74 bits per heavy atom. The smallest absolute Gasteiger partial charge is 0.232 e. The first-order chi connectivity index (χ1) is 15.0. The topological polar surface area (TPSA) is 72.3 Å². The van der Waals surface area contributed by atoms with Crippen LogP contribution < -0.4 is 15.0 Å². The van der Waals surface area contributed by atoms with Crippen LogP contribution in [0.2, 0.25) is 0 Å². The van der Waals surface area contributed by atoms with Crippen LogP contribution in [0.5, 0.6) is 5.75 Å². The largest absolute Gasteiger partial charge is 0.496 e. The number of nitrogens with zero attached hydrogens (tertiary/aromatic N) is 4. The van der Waals surface area contributed by atoms with Crippen LogP contribution in [-0.2, 0) is 11.8 Å². The molecular formula is C24H27N5O2. The molecule has 160 valence electrons. The Bertz CT molecular complexity index is 1210. The molecule has 1 N–H and O–H groups in total. The average molecular weight is 418 g/mol. The molecule has 7 nitrogen and oxygen atoms in total. The lowest BCUT2D eigenvalue weighted by Gasteiger charge is -2.26. The van der Waals surface area contributed by atoms with E-state index in [2.05, 4.69) is 27.2 Å². The third-order valence-electron chi connectivity index (χ3n) is 4.98. The highest BCUT2D eigenvalue weighted by Crippen LogP contribution is 2.39. The number of carbonyl (C=O) groups is 1. The van der Waals surface area contributed by atoms with Crippen molar-refractivity contribution in [2.24, 2.45) is 7.05 Å². The van der Waals surface area contributed by atoms with Crippen LogP contribution in [0.1, 0.15) is 31.4 Å². The Kier molecular flexibility index (Phi) is 6.61. The number of nitrogens with one attached hydrogen (secondary N) is 1. The van der Waals surface area contributed by atoms with Gasteiger partial charge in [-0.15, -0.1) is 5.92 Å². The summed E-state index contributed by atoms with van der Waals surface area (Å²) in [6.45, 7) is 5.59. The first kappa shape index (κ1) is 21.9. The van der Waals surface area contributed by atoms with Gasteiger partial charge in [-0.1, -0.05) is 12.8 Å². The minimum atomic E-state index is -0.0316. The lowest BCUT2D eigenvalue weighted by Crippen LogP contribution is -2.28. The number of pyridine rings is 1. The van der Waals surface area contributed by atoms with Crippen molar-refractivity contribution >= 4 is 33.9 Å². The number of methoxy groups -OCH3 is 1. The normalized spacial score (nSPS) is 11.1. The second kappa shape index (κ2) is 9.35. The highest BCUT2D eigenvalue weighted by Gasteiger charge is 2.24. The zero-order valence-electron chi connectivity index (χ0n) is 18.8. The van der Waals surface area contributed by atoms with Gasteiger partial charge in [0, 0.05) is 56.0 Å². The van der Waals surface area contributed by atoms with Crippen molar-refractivity contribution in [1.82, 2.24) is 20.1 Å². The number of hydrogen-bond acceptors (Lipinski definition) is 5. The van der Waals surface area contributed by atoms with E-state index in [9.17, 15) is 4.79 Å². The summed E-state index contributed by atoms with van der Waals surface area (Å²) in [7, 11) is 5.27. The zero-order valence-corrected chi connectivity index (χ0v) is 18.8. The molecule has 1 aromatic carbocycles. The number of ether oxygens (including phenoxy) is 1. The monoisotopic (exact) mass is 417 g/mol. The standard InChI is InChI=1S/C24H27N5O2/c1-7-9-17(15-25-4)18-12-19-20(13-21(18)31-6)26-14-16(3)24(19)29(23(30)8-2)22-10-11-27-28(22)5/h10-15,25H,8H2,1-6H3/b17-15+. The molecule has 1 amide bonds. The van der Waals surface area contributed by atoms with Gasteiger partial charge >= 0.3 is 0 Å². The molecule has 0 fully saturated rings. The number of benzene rings is 1. The van der Waals surface area contributed by atoms with E-state index in [1.165, 1.54) is 0 Å². The van der Waals surface area contributed by atoms with Gasteiger partial charge in [-0.05, 0) is 25.5 Å². The van der Waals surface area contributed by atoms with Crippen molar-refractivity contribution < 1.29 is 9.53 Å². The van der Waals surface area contributed by atoms with Crippen LogP contribution >= 0.6 is 0 Å². The molecule has 0 saturated heterocycles. The fraction of sp³-hybridized carbons (Fsp3) is 0.292. The average Bonchev–Trinajstić information content (AvgIpc) is 3.19. The molecular weight excluding hydrogens is 390 g/mol. The molecule has 3 rings (SSSR count). The number of aryl methyl sites for hydroxylation is 2. The summed E-state index contributed by atoms with van der Waals surface area (Å²) in [5.41, 5.74) is 3.99. The molecule has 31 heavy (non-hydrogen) atoms. The van der Waals surface area contributed by atoms with Crippen molar-refractivity contribution in [1.29, 1.82) is 0 Å². The lowest BCUT2D eigenvalue weighted by atomic mass is 10.00. The molecule has 0 radical (unpaired) electrons. The van der Waals surface area contributed by atoms with Crippen molar-refractivity contribution in [2.75, 3.05) is 19.1 Å². The number of hydrogen-bond donors (Lipinski definition) is 1. The predicted octanol–water partition coefficient (Wildman–Crippen LogP) is 3.94. The Morgan fingerprint density at radius 2 is 2.16 bits per heavy atom. The number of rotatable bonds is 6. The van der Waals surface area contributed by atoms with Crippen molar-refractivity contribution in [3.05, 3.63) is 47.9 Å². The molecule has 0 spiro atoms. The Morgan fingerprint density at radius 1 is 1.39 bits per heavy atom. The van der Waals surface area contributed by atoms with E-state index in [0.29, 0.717) is 18.0 Å². The van der Waals surface area contributed by atoms with Gasteiger partial charge in [0.05, 0.1) is 30.1 Å². The summed E-state index contributed by atoms with van der Waals surface area (Å²) in [6.07, 6.45) is 5.64. The van der Waals surface area contributed by atoms with Gasteiger partial charge in [0.2, 0.25) is 5.91 Å². The van der Waals surface area contributed by atoms with Crippen LogP contribution in [0.3, 0.4) is 0 Å². The summed E-state index contributed by atoms with van der Waals surface area (Å²) in [4.78, 5) is 19.4. The molecule has 3 aromatic rings. The van der Waals surface area contributed by atoms with E-state index in [1.807, 2.05) is 52.3 Å². The number of anilines is 2. The number of aromatic nitrogens is 3. The van der Waals surface area contributed by atoms with Crippen molar-refractivity contribution in [2.45, 2.75) is 27.2 Å². The third kappa shape index (κ3) is 4.10. The second-order valence-electron chi connectivity index (χ2n) is 6.98. The fourth-order valence-corrected chi connectivity index (χ4v) is 3.55. The van der Waals surface area contributed by atoms with Gasteiger partial charge in [0.25, 0.3) is 0 Å². The van der Waals surface area contributed by atoms with Crippen LogP contribution in [0.25, 0.3) is 16.5 Å². The van der Waals surface area contributed by atoms with Crippen LogP contribution in [0.15, 0.2) is 36.8 Å². The van der Waals surface area contributed by atoms with Crippen LogP contribution in [-0.4, -0.2) is 34.8 Å². The van der Waals surface area contributed by atoms with Crippen molar-refractivity contribution in [3.8, 4) is 17.6 Å². The van der Waals surface area contributed by atoms with E-state index in [1.54, 1.807) is 36.0 Å². The van der Waals surface area contributed by atoms with Crippen LogP contribution in [0.4, 0.5) is 11.5 Å². The van der Waals surface area contributed by atoms with Gasteiger partial charge in [0.15, 0.2) is 0 Å². The van der Waals surface area contributed by atoms with E-state index in [4.69, 9.17) is 4.74 Å². The molecule has 0 bridgehead atoms. The molecule has 0 aliphatic carbocycles. The van der Waals surface area contributed by atoms with E-state index in [-0.39, 0.29) is 5.91 Å². The molecule has 7 heteroatoms. The summed E-state index contributed by atoms with van der Waals surface area (Å²) < 4.78 is 7.34. The maximum atomic E-state index is 13.1. The zero-order chi connectivity index (χ0) is 22.5. The van der Waals surface area contributed by atoms with Gasteiger partial charge in [0.1, 0.15) is 11.6 Å². The molecule has 2 aromatic heterocycles. The van der Waals surface area contributed by atoms with Gasteiger partial charge in [-0.2, -0.15) is 5.10 Å². The summed E-state index contributed by atoms with van der Waals surface area (Å²) >= 11 is 0. The summed E-state index contributed by atoms with van der Waals surface area (Å²) in [6, 6.07) is 5.70. The molecule has 0 aliphatic heterocycles. The molecule has 0 unspecified atom stereocenters. The number of amides is 1. The van der Waals surface area contributed by atoms with E-state index in [0.717, 1.165) is 33.3 Å². The Balaban J connectivity index is 2.40. The quantitative estimate of drug-likeness (QED) is 0.615. The van der Waals surface area contributed by atoms with Crippen LogP contribution in [0, 0.1) is 18.8 Å². The highest BCUT2D eigenvalue weighted by molar-refractivity contribution is 6.09. The summed E-state index contributed by atoms with van der Waals surface area (Å²) in [5, 5.41) is 8.14. The molecule has 0 atom stereocenters. The van der Waals surface area contributed by atoms with Gasteiger partial charge < -0.3 is 10.1 Å². The first-order valence-corrected chi connectivity index (χ1v) is 10.1. The second-order valence-corrected chi connectivity index (χ2v) is 6.98. The van der Waals surface area contributed by atoms with Gasteiger partial charge in [-0.25, -0.2) is 0 Å². The maximum Gasteiger partial charge on any atom is 0.232 e. The number of carbonyl (C=O) groups excluding carboxylic acids is 1.